The van der Waals surface area contributed by atoms with Crippen LogP contribution in [0.25, 0.3) is 0 Å². The van der Waals surface area contributed by atoms with E-state index in [-0.39, 0.29) is 0 Å². The van der Waals surface area contributed by atoms with Crippen molar-refractivity contribution in [2.24, 2.45) is 0 Å². The number of hydrogen-bond acceptors (Lipinski definition) is 3. The summed E-state index contributed by atoms with van der Waals surface area (Å²) in [5, 5.41) is 0. The fourth-order valence-corrected chi connectivity index (χ4v) is 0. The fourth-order valence-electron chi connectivity index (χ4n) is 0. The lowest BCUT2D eigenvalue weighted by Crippen LogP contribution is -0.898. The van der Waals surface area contributed by atoms with Crippen LogP contribution in [0.5, 0.6) is 0 Å². The Morgan fingerprint density at radius 2 is 1.33 bits per heavy atom. The van der Waals surface area contributed by atoms with Crippen LogP contribution >= 0.6 is 0 Å². The first kappa shape index (κ1) is 3.59. The maximum Gasteiger partial charge on any atom is 0 e. The largest absolute Gasteiger partial charge is 0.0499 e. The van der Waals surface area contributed by atoms with Crippen LogP contribution in [0, 0.1) is 6.42 Å². The molecule has 0 aromatic carbocycles. The highest BCUT2D eigenvalue weighted by atomic mass is 17.6. The van der Waals surface area contributed by atoms with Crippen LogP contribution in [0.3, 0.4) is 0 Å². The normalized spacial score (nSPS) is 16.0. The molecule has 0 atom stereocenters. The minimum atomic E-state index is 1.38. The minimum Gasteiger partial charge on any atom is -0.0499 e. The molecule has 35 valence electrons. The van der Waals surface area contributed by atoms with Crippen molar-refractivity contribution in [2.75, 3.05) is 0 Å². The smallest absolute Gasteiger partial charge is 0 e. The van der Waals surface area contributed by atoms with Gasteiger partial charge in [-0.25, -0.2) is 0 Å². The molecule has 3 heteroatoms. The number of rotatable bonds is 0. The zero-order valence-corrected chi connectivity index (χ0v) is 3.22. The van der Waals surface area contributed by atoms with Gasteiger partial charge in [0, 0.05) is 14.2 Å². The fraction of sp³-hybridized carbons (Fsp3) is 0.667. The SMILES string of the molecule is [CH]1CC1.o1oo1. The maximum atomic E-state index is 3.50. The van der Waals surface area contributed by atoms with E-state index in [9.17, 15) is 0 Å². The van der Waals surface area contributed by atoms with E-state index in [1.54, 1.807) is 0 Å². The van der Waals surface area contributed by atoms with Gasteiger partial charge in [-0.05, 0) is 19.3 Å². The second-order valence-corrected chi connectivity index (χ2v) is 1.07. The monoisotopic (exact) mass is 89.0 g/mol. The van der Waals surface area contributed by atoms with Crippen molar-refractivity contribution >= 4 is 0 Å². The molecule has 1 aromatic rings. The molecular formula is C3H5O3. The van der Waals surface area contributed by atoms with Gasteiger partial charge >= 0.3 is 0 Å². The van der Waals surface area contributed by atoms with E-state index in [2.05, 4.69) is 20.6 Å². The van der Waals surface area contributed by atoms with E-state index in [1.165, 1.54) is 12.8 Å². The topological polar surface area (TPSA) is 39.4 Å². The lowest BCUT2D eigenvalue weighted by Gasteiger charge is -1.05. The summed E-state index contributed by atoms with van der Waals surface area (Å²) in [4.78, 5) is 0. The van der Waals surface area contributed by atoms with Gasteiger partial charge in [-0.1, -0.05) is 0 Å². The van der Waals surface area contributed by atoms with Gasteiger partial charge < -0.3 is 0 Å². The molecule has 3 nitrogen and oxygen atoms in total. The van der Waals surface area contributed by atoms with Gasteiger partial charge in [0.1, 0.15) is 0 Å². The Labute approximate surface area is 34.7 Å². The summed E-state index contributed by atoms with van der Waals surface area (Å²) in [6, 6.07) is 0. The van der Waals surface area contributed by atoms with Gasteiger partial charge in [0.2, 0.25) is 0 Å². The Morgan fingerprint density at radius 3 is 1.33 bits per heavy atom. The van der Waals surface area contributed by atoms with Crippen molar-refractivity contribution in [1.29, 1.82) is 0 Å². The van der Waals surface area contributed by atoms with E-state index < -0.39 is 0 Å². The number of hydrogen-bond donors (Lipinski definition) is 0. The van der Waals surface area contributed by atoms with E-state index in [0.717, 1.165) is 0 Å². The minimum absolute atomic E-state index is 1.38. The molecule has 2 rings (SSSR count). The summed E-state index contributed by atoms with van der Waals surface area (Å²) in [6.07, 6.45) is 5.00. The van der Waals surface area contributed by atoms with Crippen LogP contribution in [-0.2, 0) is 0 Å². The Balaban J connectivity index is 0.0000000600. The van der Waals surface area contributed by atoms with E-state index >= 15 is 0 Å². The van der Waals surface area contributed by atoms with Crippen LogP contribution in [0.15, 0.2) is 14.2 Å². The standard InChI is InChI=1S/C3H5.O3/c2*1-2-3-1/h1H,2-3H2;. The third kappa shape index (κ3) is 9.99. The lowest BCUT2D eigenvalue weighted by atomic mass is 11.0. The molecule has 0 bridgehead atoms. The van der Waals surface area contributed by atoms with Crippen molar-refractivity contribution in [3.63, 3.8) is 0 Å². The summed E-state index contributed by atoms with van der Waals surface area (Å²) in [5.41, 5.74) is 0. The molecule has 0 aliphatic heterocycles. The summed E-state index contributed by atoms with van der Waals surface area (Å²) in [7, 11) is 0. The van der Waals surface area contributed by atoms with Crippen LogP contribution in [0.4, 0.5) is 0 Å². The maximum absolute atomic E-state index is 3.50. The van der Waals surface area contributed by atoms with Gasteiger partial charge in [-0.15, -0.1) is 0 Å². The van der Waals surface area contributed by atoms with Gasteiger partial charge in [0.05, 0.1) is 0 Å². The van der Waals surface area contributed by atoms with Crippen molar-refractivity contribution in [2.45, 2.75) is 12.8 Å². The van der Waals surface area contributed by atoms with Crippen molar-refractivity contribution in [3.05, 3.63) is 6.42 Å². The molecule has 1 fully saturated rings. The van der Waals surface area contributed by atoms with Gasteiger partial charge in [-0.2, -0.15) is 0 Å². The first-order valence-corrected chi connectivity index (χ1v) is 1.82. The van der Waals surface area contributed by atoms with Crippen molar-refractivity contribution < 1.29 is 14.2 Å². The molecule has 0 saturated heterocycles. The molecule has 6 heavy (non-hydrogen) atoms. The molecule has 1 aliphatic carbocycles. The molecule has 1 heterocycles. The molecule has 1 aliphatic rings. The highest BCUT2D eigenvalue weighted by Crippen LogP contribution is 2.12. The highest BCUT2D eigenvalue weighted by Gasteiger charge is 1.95. The van der Waals surface area contributed by atoms with Gasteiger partial charge in [0.25, 0.3) is 0 Å². The van der Waals surface area contributed by atoms with E-state index in [4.69, 9.17) is 0 Å². The second kappa shape index (κ2) is 1.74. The zero-order valence-electron chi connectivity index (χ0n) is 3.22. The Hall–Kier alpha value is -0.600. The van der Waals surface area contributed by atoms with Crippen LogP contribution in [0.1, 0.15) is 12.8 Å². The predicted octanol–water partition coefficient (Wildman–Crippen LogP) is 1.45. The van der Waals surface area contributed by atoms with Gasteiger partial charge in [0.15, 0.2) is 0 Å². The first-order chi connectivity index (χ1) is 3.00. The molecular weight excluding hydrogens is 84.0 g/mol. The quantitative estimate of drug-likeness (QED) is 0.451. The highest BCUT2D eigenvalue weighted by molar-refractivity contribution is 4.79. The summed E-state index contributed by atoms with van der Waals surface area (Å²) in [6.45, 7) is 0. The predicted molar refractivity (Wildman–Crippen MR) is 16.8 cm³/mol. The van der Waals surface area contributed by atoms with Crippen LogP contribution < -0.4 is 0 Å². The molecule has 0 spiro atoms. The molecule has 1 radical (unpaired) electrons. The first-order valence-electron chi connectivity index (χ1n) is 1.82. The summed E-state index contributed by atoms with van der Waals surface area (Å²) in [5.74, 6) is 0. The van der Waals surface area contributed by atoms with E-state index in [1.807, 2.05) is 0 Å². The van der Waals surface area contributed by atoms with Crippen molar-refractivity contribution in [3.8, 4) is 0 Å². The van der Waals surface area contributed by atoms with Crippen molar-refractivity contribution in [1.82, 2.24) is 0 Å². The molecule has 1 aromatic heterocycles. The summed E-state index contributed by atoms with van der Waals surface area (Å²) >= 11 is 0. The molecule has 1 saturated carbocycles. The second-order valence-electron chi connectivity index (χ2n) is 1.07. The third-order valence-electron chi connectivity index (χ3n) is 0.357. The van der Waals surface area contributed by atoms with Crippen LogP contribution in [-0.4, -0.2) is 0 Å². The Bertz CT molecular complexity index is 57.3. The van der Waals surface area contributed by atoms with E-state index in [0.29, 0.717) is 0 Å². The molecule has 0 amide bonds. The third-order valence-corrected chi connectivity index (χ3v) is 0.357. The Kier molecular flexibility index (Phi) is 1.04. The van der Waals surface area contributed by atoms with Crippen LogP contribution in [0.2, 0.25) is 0 Å². The summed E-state index contributed by atoms with van der Waals surface area (Å²) < 4.78 is 10.5. The Morgan fingerprint density at radius 1 is 1.00 bits per heavy atom. The van der Waals surface area contributed by atoms with Gasteiger partial charge in [-0.3, -0.25) is 0 Å². The lowest BCUT2D eigenvalue weighted by molar-refractivity contribution is 0.264. The average Bonchev–Trinajstić information content (AvgIpc) is 2.31. The average molecular weight is 89.1 g/mol. The zero-order chi connectivity index (χ0) is 4.24. The molecule has 0 unspecified atom stereocenters. The molecule has 0 N–H and O–H groups in total.